The quantitative estimate of drug-likeness (QED) is 0.325. The maximum absolute atomic E-state index is 10.9. The van der Waals surface area contributed by atoms with Crippen LogP contribution in [0.1, 0.15) is 81.6 Å². The molecule has 2 aliphatic carbocycles. The number of hydrogen-bond donors (Lipinski definition) is 3. The number of thioether (sulfide) groups is 1. The second-order valence-electron chi connectivity index (χ2n) is 9.25. The van der Waals surface area contributed by atoms with Gasteiger partial charge in [-0.2, -0.15) is 0 Å². The lowest BCUT2D eigenvalue weighted by molar-refractivity contribution is 0.0302. The summed E-state index contributed by atoms with van der Waals surface area (Å²) in [6.45, 7) is 1.96. The Balaban J connectivity index is 1.45. The molecule has 30 heavy (non-hydrogen) atoms. The summed E-state index contributed by atoms with van der Waals surface area (Å²) in [6.07, 6.45) is 14.7. The average Bonchev–Trinajstić information content (AvgIpc) is 3.30. The van der Waals surface area contributed by atoms with Crippen molar-refractivity contribution in [2.45, 2.75) is 87.2 Å². The number of carboxylic acids is 1. The van der Waals surface area contributed by atoms with Crippen molar-refractivity contribution in [3.63, 3.8) is 0 Å². The Kier molecular flexibility index (Phi) is 8.81. The van der Waals surface area contributed by atoms with Crippen molar-refractivity contribution < 1.29 is 20.1 Å². The summed E-state index contributed by atoms with van der Waals surface area (Å²) in [6, 6.07) is 0. The Morgan fingerprint density at radius 1 is 1.30 bits per heavy atom. The van der Waals surface area contributed by atoms with Crippen molar-refractivity contribution in [3.8, 4) is 0 Å². The normalized spacial score (nSPS) is 27.5. The lowest BCUT2D eigenvalue weighted by Crippen LogP contribution is -2.28. The summed E-state index contributed by atoms with van der Waals surface area (Å²) >= 11 is 2.93. The number of nitrogens with zero attached hydrogens (tertiary/aromatic N) is 1. The number of carboxylic acid groups (broad SMARTS) is 1. The van der Waals surface area contributed by atoms with Crippen LogP contribution in [0, 0.1) is 17.8 Å². The molecule has 4 atom stereocenters. The van der Waals surface area contributed by atoms with E-state index in [1.165, 1.54) is 43.4 Å². The van der Waals surface area contributed by atoms with Crippen LogP contribution in [-0.2, 0) is 0 Å². The summed E-state index contributed by atoms with van der Waals surface area (Å²) in [5.74, 6) is 1.05. The van der Waals surface area contributed by atoms with Crippen LogP contribution in [0.3, 0.4) is 0 Å². The lowest BCUT2D eigenvalue weighted by Gasteiger charge is -2.30. The first kappa shape index (κ1) is 23.8. The van der Waals surface area contributed by atoms with Crippen molar-refractivity contribution >= 4 is 29.1 Å². The molecule has 168 valence electrons. The van der Waals surface area contributed by atoms with Gasteiger partial charge in [-0.1, -0.05) is 56.0 Å². The molecule has 1 aromatic rings. The van der Waals surface area contributed by atoms with E-state index in [0.29, 0.717) is 18.3 Å². The molecule has 5 nitrogen and oxygen atoms in total. The smallest absolute Gasteiger partial charge is 0.355 e. The number of carbonyl (C=O) groups is 1. The molecule has 3 N–H and O–H groups in total. The van der Waals surface area contributed by atoms with E-state index in [-0.39, 0.29) is 17.7 Å². The predicted molar refractivity (Wildman–Crippen MR) is 122 cm³/mol. The Hall–Kier alpha value is -0.890. The molecular weight excluding hydrogens is 418 g/mol. The fraction of sp³-hybridized carbons (Fsp3) is 0.739. The van der Waals surface area contributed by atoms with Gasteiger partial charge < -0.3 is 15.3 Å². The molecule has 3 rings (SSSR count). The lowest BCUT2D eigenvalue weighted by atomic mass is 9.80. The van der Waals surface area contributed by atoms with E-state index in [2.05, 4.69) is 17.1 Å². The molecule has 1 unspecified atom stereocenters. The first-order chi connectivity index (χ1) is 14.3. The number of aromatic nitrogens is 1. The largest absolute Gasteiger partial charge is 0.476 e. The Labute approximate surface area is 188 Å². The first-order valence-electron chi connectivity index (χ1n) is 11.2. The van der Waals surface area contributed by atoms with Crippen LogP contribution < -0.4 is 0 Å². The molecule has 1 heterocycles. The summed E-state index contributed by atoms with van der Waals surface area (Å²) in [5.41, 5.74) is -0.544. The van der Waals surface area contributed by atoms with Gasteiger partial charge in [-0.25, -0.2) is 9.78 Å². The van der Waals surface area contributed by atoms with Crippen LogP contribution in [0.5, 0.6) is 0 Å². The van der Waals surface area contributed by atoms with Crippen molar-refractivity contribution in [1.29, 1.82) is 0 Å². The van der Waals surface area contributed by atoms with Gasteiger partial charge in [-0.3, -0.25) is 0 Å². The van der Waals surface area contributed by atoms with Crippen molar-refractivity contribution in [1.82, 2.24) is 4.98 Å². The highest BCUT2D eigenvalue weighted by atomic mass is 32.2. The van der Waals surface area contributed by atoms with Crippen LogP contribution in [0.4, 0.5) is 0 Å². The zero-order chi connectivity index (χ0) is 21.6. The van der Waals surface area contributed by atoms with Crippen LogP contribution in [0.15, 0.2) is 21.9 Å². The van der Waals surface area contributed by atoms with E-state index in [0.717, 1.165) is 35.8 Å². The maximum Gasteiger partial charge on any atom is 0.355 e. The summed E-state index contributed by atoms with van der Waals surface area (Å²) in [5, 5.41) is 31.8. The number of hydrogen-bond acceptors (Lipinski definition) is 6. The standard InChI is InChI=1S/C23H35NO4S2/c1-23(28,14-16-6-3-2-4-7-16)12-5-8-17-9-10-20(25)18(17)11-13-29-22-24-19(15-30-22)21(26)27/h5,8,15-18,20,25,28H,2-4,6-7,9-14H2,1H3,(H,26,27)/b8-5+/t17-,18-,20+,23?/m1/s1. The third kappa shape index (κ3) is 7.08. The molecule has 0 aromatic carbocycles. The third-order valence-corrected chi connectivity index (χ3v) is 8.67. The zero-order valence-electron chi connectivity index (χ0n) is 17.8. The van der Waals surface area contributed by atoms with E-state index in [9.17, 15) is 15.0 Å². The summed E-state index contributed by atoms with van der Waals surface area (Å²) in [7, 11) is 0. The molecule has 2 saturated carbocycles. The van der Waals surface area contributed by atoms with Gasteiger partial charge in [0.2, 0.25) is 0 Å². The molecule has 0 saturated heterocycles. The molecule has 0 radical (unpaired) electrons. The fourth-order valence-corrected chi connectivity index (χ4v) is 6.93. The molecule has 2 fully saturated rings. The number of aromatic carboxylic acids is 1. The molecule has 0 aliphatic heterocycles. The van der Waals surface area contributed by atoms with Gasteiger partial charge in [-0.05, 0) is 56.8 Å². The number of rotatable bonds is 10. The minimum atomic E-state index is -0.992. The van der Waals surface area contributed by atoms with E-state index in [4.69, 9.17) is 5.11 Å². The highest BCUT2D eigenvalue weighted by Gasteiger charge is 2.33. The van der Waals surface area contributed by atoms with Crippen molar-refractivity contribution in [2.24, 2.45) is 17.8 Å². The molecule has 1 aromatic heterocycles. The number of allylic oxidation sites excluding steroid dienone is 1. The number of aliphatic hydroxyl groups excluding tert-OH is 1. The number of aliphatic hydroxyl groups is 2. The highest BCUT2D eigenvalue weighted by molar-refractivity contribution is 8.01. The third-order valence-electron chi connectivity index (χ3n) is 6.61. The van der Waals surface area contributed by atoms with Crippen molar-refractivity contribution in [2.75, 3.05) is 5.75 Å². The monoisotopic (exact) mass is 453 g/mol. The van der Waals surface area contributed by atoms with Gasteiger partial charge in [0.15, 0.2) is 10.0 Å². The van der Waals surface area contributed by atoms with Crippen LogP contribution in [-0.4, -0.2) is 43.7 Å². The first-order valence-corrected chi connectivity index (χ1v) is 13.1. The molecule has 0 amide bonds. The minimum absolute atomic E-state index is 0.101. The maximum atomic E-state index is 10.9. The van der Waals surface area contributed by atoms with Gasteiger partial charge >= 0.3 is 5.97 Å². The van der Waals surface area contributed by atoms with Gasteiger partial charge in [-0.15, -0.1) is 11.3 Å². The van der Waals surface area contributed by atoms with Gasteiger partial charge in [0.1, 0.15) is 0 Å². The van der Waals surface area contributed by atoms with Gasteiger partial charge in [0.05, 0.1) is 11.7 Å². The second kappa shape index (κ2) is 11.1. The average molecular weight is 454 g/mol. The Morgan fingerprint density at radius 3 is 2.77 bits per heavy atom. The molecule has 2 aliphatic rings. The topological polar surface area (TPSA) is 90.7 Å². The molecule has 7 heteroatoms. The zero-order valence-corrected chi connectivity index (χ0v) is 19.5. The molecular formula is C23H35NO4S2. The Morgan fingerprint density at radius 2 is 2.07 bits per heavy atom. The SMILES string of the molecule is CC(O)(C/C=C/[C@@H]1CC[C@H](O)[C@@H]1CCSc1nc(C(=O)O)cs1)CC1CCCCC1. The number of thiazole rings is 1. The van der Waals surface area contributed by atoms with Crippen molar-refractivity contribution in [3.05, 3.63) is 23.2 Å². The van der Waals surface area contributed by atoms with Crippen LogP contribution in [0.25, 0.3) is 0 Å². The Bertz CT molecular complexity index is 712. The molecule has 0 spiro atoms. The van der Waals surface area contributed by atoms with E-state index in [1.807, 2.05) is 6.92 Å². The fourth-order valence-electron chi connectivity index (χ4n) is 5.02. The van der Waals surface area contributed by atoms with E-state index in [1.54, 1.807) is 17.1 Å². The van der Waals surface area contributed by atoms with Crippen LogP contribution >= 0.6 is 23.1 Å². The summed E-state index contributed by atoms with van der Waals surface area (Å²) in [4.78, 5) is 15.1. The van der Waals surface area contributed by atoms with Gasteiger partial charge in [0.25, 0.3) is 0 Å². The van der Waals surface area contributed by atoms with E-state index >= 15 is 0 Å². The predicted octanol–water partition coefficient (Wildman–Crippen LogP) is 5.38. The van der Waals surface area contributed by atoms with Gasteiger partial charge in [0, 0.05) is 11.1 Å². The van der Waals surface area contributed by atoms with E-state index < -0.39 is 11.6 Å². The van der Waals surface area contributed by atoms with Crippen LogP contribution in [0.2, 0.25) is 0 Å². The highest BCUT2D eigenvalue weighted by Crippen LogP contribution is 2.38. The molecule has 0 bridgehead atoms. The minimum Gasteiger partial charge on any atom is -0.476 e. The second-order valence-corrected chi connectivity index (χ2v) is 11.5. The summed E-state index contributed by atoms with van der Waals surface area (Å²) < 4.78 is 0.769.